The number of hydrogen-bond donors (Lipinski definition) is 3. The zero-order valence-electron chi connectivity index (χ0n) is 12.0. The van der Waals surface area contributed by atoms with Crippen molar-refractivity contribution in [1.29, 1.82) is 0 Å². The van der Waals surface area contributed by atoms with E-state index in [0.717, 1.165) is 24.5 Å². The maximum Gasteiger partial charge on any atom is 0.258 e. The summed E-state index contributed by atoms with van der Waals surface area (Å²) in [6.07, 6.45) is 0.996. The van der Waals surface area contributed by atoms with Crippen molar-refractivity contribution in [3.05, 3.63) is 5.56 Å². The number of nitrogen functional groups attached to an aromatic ring is 1. The number of nitrogens with two attached hydrogens (primary N) is 1. The fourth-order valence-corrected chi connectivity index (χ4v) is 2.31. The Morgan fingerprint density at radius 3 is 2.74 bits per heavy atom. The van der Waals surface area contributed by atoms with Crippen LogP contribution in [-0.2, 0) is 0 Å². The van der Waals surface area contributed by atoms with Gasteiger partial charge in [0.05, 0.1) is 0 Å². The minimum Gasteiger partial charge on any atom is -0.382 e. The highest BCUT2D eigenvalue weighted by Gasteiger charge is 2.19. The molecule has 1 rings (SSSR count). The van der Waals surface area contributed by atoms with E-state index in [1.54, 1.807) is 0 Å². The minimum atomic E-state index is -0.170. The molecule has 0 radical (unpaired) electrons. The van der Waals surface area contributed by atoms with Gasteiger partial charge in [-0.05, 0) is 52.4 Å². The molecule has 1 amide bonds. The van der Waals surface area contributed by atoms with Crippen LogP contribution in [0.1, 0.15) is 30.6 Å². The number of nitrogens with zero attached hydrogens (tertiary/aromatic N) is 2. The highest BCUT2D eigenvalue weighted by molar-refractivity contribution is 7.11. The van der Waals surface area contributed by atoms with Crippen molar-refractivity contribution in [2.24, 2.45) is 0 Å². The van der Waals surface area contributed by atoms with E-state index in [1.165, 1.54) is 11.5 Å². The van der Waals surface area contributed by atoms with Crippen molar-refractivity contribution in [3.8, 4) is 0 Å². The Labute approximate surface area is 118 Å². The summed E-state index contributed by atoms with van der Waals surface area (Å²) in [4.78, 5) is 14.1. The molecule has 1 aromatic heterocycles. The van der Waals surface area contributed by atoms with Gasteiger partial charge in [-0.2, -0.15) is 4.37 Å². The zero-order chi connectivity index (χ0) is 14.4. The lowest BCUT2D eigenvalue weighted by molar-refractivity contribution is 0.0945. The lowest BCUT2D eigenvalue weighted by Gasteiger charge is -2.11. The highest BCUT2D eigenvalue weighted by Crippen LogP contribution is 2.26. The first-order chi connectivity index (χ1) is 8.91. The summed E-state index contributed by atoms with van der Waals surface area (Å²) in [6.45, 7) is 5.62. The molecule has 7 heteroatoms. The molecule has 0 spiro atoms. The van der Waals surface area contributed by atoms with E-state index in [-0.39, 0.29) is 11.9 Å². The number of nitrogens with one attached hydrogen (secondary N) is 2. The van der Waals surface area contributed by atoms with Crippen molar-refractivity contribution in [3.63, 3.8) is 0 Å². The van der Waals surface area contributed by atoms with Gasteiger partial charge in [-0.1, -0.05) is 0 Å². The Kier molecular flexibility index (Phi) is 6.04. The molecule has 0 bridgehead atoms. The first-order valence-corrected chi connectivity index (χ1v) is 7.13. The molecule has 0 atom stereocenters. The lowest BCUT2D eigenvalue weighted by atomic mass is 10.2. The quantitative estimate of drug-likeness (QED) is 0.656. The van der Waals surface area contributed by atoms with E-state index in [1.807, 2.05) is 27.9 Å². The summed E-state index contributed by atoms with van der Waals surface area (Å²) in [7, 11) is 4.07. The normalized spacial score (nSPS) is 11.1. The number of rotatable bonds is 7. The average molecular weight is 285 g/mol. The molecular weight excluding hydrogens is 262 g/mol. The van der Waals surface area contributed by atoms with Gasteiger partial charge >= 0.3 is 0 Å². The monoisotopic (exact) mass is 285 g/mol. The average Bonchev–Trinajstić information content (AvgIpc) is 2.65. The molecule has 0 aliphatic carbocycles. The number of carbonyl (C=O) groups is 1. The van der Waals surface area contributed by atoms with Crippen molar-refractivity contribution < 1.29 is 4.79 Å². The van der Waals surface area contributed by atoms with Crippen LogP contribution in [0, 0.1) is 0 Å². The Morgan fingerprint density at radius 1 is 1.47 bits per heavy atom. The molecule has 0 aliphatic heterocycles. The fraction of sp³-hybridized carbons (Fsp3) is 0.667. The summed E-state index contributed by atoms with van der Waals surface area (Å²) < 4.78 is 4.04. The molecule has 19 heavy (non-hydrogen) atoms. The van der Waals surface area contributed by atoms with Gasteiger partial charge < -0.3 is 21.3 Å². The third-order valence-electron chi connectivity index (χ3n) is 2.43. The molecular formula is C12H23N5OS. The number of aromatic nitrogens is 1. The van der Waals surface area contributed by atoms with E-state index in [9.17, 15) is 4.79 Å². The fourth-order valence-electron chi connectivity index (χ4n) is 1.57. The molecule has 0 fully saturated rings. The Morgan fingerprint density at radius 2 is 2.16 bits per heavy atom. The van der Waals surface area contributed by atoms with Crippen LogP contribution in [-0.4, -0.2) is 48.4 Å². The van der Waals surface area contributed by atoms with E-state index in [0.29, 0.717) is 11.4 Å². The van der Waals surface area contributed by atoms with E-state index in [4.69, 9.17) is 5.73 Å². The Balaban J connectivity index is 2.61. The molecule has 4 N–H and O–H groups in total. The number of hydrogen-bond acceptors (Lipinski definition) is 6. The van der Waals surface area contributed by atoms with Crippen LogP contribution < -0.4 is 16.4 Å². The smallest absolute Gasteiger partial charge is 0.258 e. The van der Waals surface area contributed by atoms with E-state index < -0.39 is 0 Å². The van der Waals surface area contributed by atoms with Gasteiger partial charge in [0.1, 0.15) is 10.6 Å². The summed E-state index contributed by atoms with van der Waals surface area (Å²) in [5.41, 5.74) is 6.22. The Bertz CT molecular complexity index is 416. The molecule has 0 aliphatic rings. The summed E-state index contributed by atoms with van der Waals surface area (Å²) in [5.74, 6) is 0.120. The van der Waals surface area contributed by atoms with Crippen LogP contribution >= 0.6 is 11.5 Å². The zero-order valence-corrected chi connectivity index (χ0v) is 12.8. The first-order valence-electron chi connectivity index (χ1n) is 6.36. The number of carbonyl (C=O) groups excluding carboxylic acids is 1. The first kappa shape index (κ1) is 15.7. The van der Waals surface area contributed by atoms with Crippen molar-refractivity contribution >= 4 is 28.3 Å². The molecule has 0 saturated carbocycles. The maximum atomic E-state index is 12.0. The van der Waals surface area contributed by atoms with Crippen molar-refractivity contribution in [2.45, 2.75) is 26.3 Å². The second-order valence-electron chi connectivity index (χ2n) is 4.98. The van der Waals surface area contributed by atoms with Gasteiger partial charge in [0.2, 0.25) is 0 Å². The third kappa shape index (κ3) is 5.04. The molecule has 0 unspecified atom stereocenters. The predicted molar refractivity (Wildman–Crippen MR) is 80.8 cm³/mol. The number of amides is 1. The second kappa shape index (κ2) is 7.30. The van der Waals surface area contributed by atoms with Gasteiger partial charge in [0.15, 0.2) is 5.82 Å². The largest absolute Gasteiger partial charge is 0.382 e. The SMILES string of the molecule is CC(C)NC(=O)c1c(N)nsc1NCCCN(C)C. The van der Waals surface area contributed by atoms with E-state index in [2.05, 4.69) is 19.9 Å². The van der Waals surface area contributed by atoms with Crippen LogP contribution in [0.2, 0.25) is 0 Å². The van der Waals surface area contributed by atoms with Crippen LogP contribution in [0.4, 0.5) is 10.8 Å². The number of anilines is 2. The van der Waals surface area contributed by atoms with Crippen LogP contribution in [0.25, 0.3) is 0 Å². The lowest BCUT2D eigenvalue weighted by Crippen LogP contribution is -2.31. The molecule has 0 saturated heterocycles. The standard InChI is InChI=1S/C12H23N5OS/c1-8(2)15-11(18)9-10(13)16-19-12(9)14-6-5-7-17(3)4/h8,14H,5-7H2,1-4H3,(H2,13,16)(H,15,18). The molecule has 6 nitrogen and oxygen atoms in total. The Hall–Kier alpha value is -1.34. The molecule has 1 heterocycles. The molecule has 0 aromatic carbocycles. The summed E-state index contributed by atoms with van der Waals surface area (Å²) in [5, 5.41) is 6.81. The summed E-state index contributed by atoms with van der Waals surface area (Å²) in [6, 6.07) is 0.0772. The van der Waals surface area contributed by atoms with Crippen LogP contribution in [0.3, 0.4) is 0 Å². The van der Waals surface area contributed by atoms with Gasteiger partial charge in [-0.25, -0.2) is 0 Å². The van der Waals surface area contributed by atoms with E-state index >= 15 is 0 Å². The van der Waals surface area contributed by atoms with Gasteiger partial charge in [0, 0.05) is 12.6 Å². The van der Waals surface area contributed by atoms with Gasteiger partial charge in [-0.15, -0.1) is 0 Å². The molecule has 108 valence electrons. The highest BCUT2D eigenvalue weighted by atomic mass is 32.1. The van der Waals surface area contributed by atoms with Gasteiger partial charge in [0.25, 0.3) is 5.91 Å². The summed E-state index contributed by atoms with van der Waals surface area (Å²) >= 11 is 1.23. The second-order valence-corrected chi connectivity index (χ2v) is 5.76. The van der Waals surface area contributed by atoms with Crippen LogP contribution in [0.15, 0.2) is 0 Å². The maximum absolute atomic E-state index is 12.0. The topological polar surface area (TPSA) is 83.3 Å². The molecule has 1 aromatic rings. The van der Waals surface area contributed by atoms with Crippen LogP contribution in [0.5, 0.6) is 0 Å². The van der Waals surface area contributed by atoms with Crippen molar-refractivity contribution in [1.82, 2.24) is 14.6 Å². The van der Waals surface area contributed by atoms with Crippen molar-refractivity contribution in [2.75, 3.05) is 38.2 Å². The third-order valence-corrected chi connectivity index (χ3v) is 3.25. The van der Waals surface area contributed by atoms with Gasteiger partial charge in [-0.3, -0.25) is 4.79 Å². The minimum absolute atomic E-state index is 0.0772. The predicted octanol–water partition coefficient (Wildman–Crippen LogP) is 1.23.